The predicted molar refractivity (Wildman–Crippen MR) is 90.2 cm³/mol. The molecule has 0 aliphatic rings. The highest BCUT2D eigenvalue weighted by atomic mass is 16.5. The molecule has 0 aromatic heterocycles. The van der Waals surface area contributed by atoms with Gasteiger partial charge in [-0.25, -0.2) is 0 Å². The fraction of sp³-hybridized carbons (Fsp3) is 0.316. The van der Waals surface area contributed by atoms with E-state index in [4.69, 9.17) is 9.47 Å². The highest BCUT2D eigenvalue weighted by Gasteiger charge is 2.03. The van der Waals surface area contributed by atoms with E-state index in [2.05, 4.69) is 5.32 Å². The SMILES string of the molecule is CC(C)Oc1ccc(CNC(=O)COCc2ccccc2)cc1. The zero-order valence-electron chi connectivity index (χ0n) is 13.6. The maximum Gasteiger partial charge on any atom is 0.246 e. The number of hydrogen-bond acceptors (Lipinski definition) is 3. The molecular weight excluding hydrogens is 290 g/mol. The van der Waals surface area contributed by atoms with Gasteiger partial charge in [-0.05, 0) is 37.1 Å². The van der Waals surface area contributed by atoms with Gasteiger partial charge >= 0.3 is 0 Å². The smallest absolute Gasteiger partial charge is 0.246 e. The van der Waals surface area contributed by atoms with E-state index in [0.717, 1.165) is 16.9 Å². The quantitative estimate of drug-likeness (QED) is 0.813. The third-order valence-electron chi connectivity index (χ3n) is 3.13. The summed E-state index contributed by atoms with van der Waals surface area (Å²) < 4.78 is 11.0. The second-order valence-corrected chi connectivity index (χ2v) is 5.57. The van der Waals surface area contributed by atoms with E-state index in [-0.39, 0.29) is 18.6 Å². The standard InChI is InChI=1S/C19H23NO3/c1-15(2)23-18-10-8-16(9-11-18)12-20-19(21)14-22-13-17-6-4-3-5-7-17/h3-11,15H,12-14H2,1-2H3,(H,20,21). The van der Waals surface area contributed by atoms with Crippen LogP contribution in [0.2, 0.25) is 0 Å². The Labute approximate surface area is 137 Å². The summed E-state index contributed by atoms with van der Waals surface area (Å²) in [6.07, 6.45) is 0.155. The van der Waals surface area contributed by atoms with Crippen LogP contribution < -0.4 is 10.1 Å². The number of hydrogen-bond donors (Lipinski definition) is 1. The van der Waals surface area contributed by atoms with Crippen molar-refractivity contribution < 1.29 is 14.3 Å². The molecule has 4 nitrogen and oxygen atoms in total. The number of carbonyl (C=O) groups is 1. The minimum atomic E-state index is -0.122. The lowest BCUT2D eigenvalue weighted by molar-refractivity contribution is -0.126. The zero-order chi connectivity index (χ0) is 16.5. The average Bonchev–Trinajstić information content (AvgIpc) is 2.55. The van der Waals surface area contributed by atoms with Crippen LogP contribution in [0.5, 0.6) is 5.75 Å². The first-order chi connectivity index (χ1) is 11.1. The molecule has 0 saturated heterocycles. The number of ether oxygens (including phenoxy) is 2. The van der Waals surface area contributed by atoms with Gasteiger partial charge in [-0.15, -0.1) is 0 Å². The van der Waals surface area contributed by atoms with Crippen molar-refractivity contribution in [2.75, 3.05) is 6.61 Å². The monoisotopic (exact) mass is 313 g/mol. The summed E-state index contributed by atoms with van der Waals surface area (Å²) in [5.74, 6) is 0.713. The van der Waals surface area contributed by atoms with Gasteiger partial charge in [0, 0.05) is 6.54 Å². The minimum absolute atomic E-state index is 0.0590. The molecule has 0 fully saturated rings. The molecule has 0 bridgehead atoms. The van der Waals surface area contributed by atoms with Gasteiger partial charge < -0.3 is 14.8 Å². The van der Waals surface area contributed by atoms with Crippen LogP contribution in [0.4, 0.5) is 0 Å². The maximum atomic E-state index is 11.8. The zero-order valence-corrected chi connectivity index (χ0v) is 13.6. The molecule has 0 heterocycles. The second-order valence-electron chi connectivity index (χ2n) is 5.57. The summed E-state index contributed by atoms with van der Waals surface area (Å²) in [5.41, 5.74) is 2.08. The summed E-state index contributed by atoms with van der Waals surface area (Å²) in [7, 11) is 0. The topological polar surface area (TPSA) is 47.6 Å². The van der Waals surface area contributed by atoms with Crippen molar-refractivity contribution in [1.29, 1.82) is 0 Å². The summed E-state index contributed by atoms with van der Waals surface area (Å²) >= 11 is 0. The van der Waals surface area contributed by atoms with Crippen LogP contribution in [0, 0.1) is 0 Å². The first kappa shape index (κ1) is 17.0. The highest BCUT2D eigenvalue weighted by Crippen LogP contribution is 2.13. The summed E-state index contributed by atoms with van der Waals surface area (Å²) in [4.78, 5) is 11.8. The van der Waals surface area contributed by atoms with Gasteiger partial charge in [-0.1, -0.05) is 42.5 Å². The number of carbonyl (C=O) groups excluding carboxylic acids is 1. The van der Waals surface area contributed by atoms with E-state index in [9.17, 15) is 4.79 Å². The van der Waals surface area contributed by atoms with E-state index in [1.807, 2.05) is 68.4 Å². The molecule has 1 N–H and O–H groups in total. The molecule has 122 valence electrons. The van der Waals surface area contributed by atoms with Crippen LogP contribution in [0.3, 0.4) is 0 Å². The van der Waals surface area contributed by atoms with Crippen molar-refractivity contribution in [2.24, 2.45) is 0 Å². The largest absolute Gasteiger partial charge is 0.491 e. The van der Waals surface area contributed by atoms with Gasteiger partial charge in [0.2, 0.25) is 5.91 Å². The van der Waals surface area contributed by atoms with Crippen LogP contribution in [0.25, 0.3) is 0 Å². The Morgan fingerprint density at radius 2 is 1.70 bits per heavy atom. The number of nitrogens with one attached hydrogen (secondary N) is 1. The lowest BCUT2D eigenvalue weighted by Gasteiger charge is -2.10. The molecule has 0 atom stereocenters. The van der Waals surface area contributed by atoms with Crippen LogP contribution in [0.15, 0.2) is 54.6 Å². The minimum Gasteiger partial charge on any atom is -0.491 e. The Bertz CT molecular complexity index is 594. The van der Waals surface area contributed by atoms with Crippen molar-refractivity contribution in [3.8, 4) is 5.75 Å². The molecule has 0 aliphatic carbocycles. The highest BCUT2D eigenvalue weighted by molar-refractivity contribution is 5.77. The van der Waals surface area contributed by atoms with Crippen molar-refractivity contribution in [2.45, 2.75) is 33.1 Å². The molecule has 0 unspecified atom stereocenters. The van der Waals surface area contributed by atoms with Crippen molar-refractivity contribution in [3.63, 3.8) is 0 Å². The maximum absolute atomic E-state index is 11.8. The fourth-order valence-corrected chi connectivity index (χ4v) is 2.05. The van der Waals surface area contributed by atoms with Gasteiger partial charge in [-0.2, -0.15) is 0 Å². The molecule has 0 spiro atoms. The number of rotatable bonds is 8. The molecule has 23 heavy (non-hydrogen) atoms. The molecule has 0 aliphatic heterocycles. The predicted octanol–water partition coefficient (Wildman–Crippen LogP) is 3.31. The molecule has 0 radical (unpaired) electrons. The van der Waals surface area contributed by atoms with E-state index in [1.165, 1.54) is 0 Å². The van der Waals surface area contributed by atoms with Gasteiger partial charge in [0.1, 0.15) is 12.4 Å². The average molecular weight is 313 g/mol. The molecule has 2 aromatic carbocycles. The lowest BCUT2D eigenvalue weighted by Crippen LogP contribution is -2.27. The Kier molecular flexibility index (Phi) is 6.63. The van der Waals surface area contributed by atoms with Gasteiger partial charge in [0.15, 0.2) is 0 Å². The Morgan fingerprint density at radius 1 is 1.00 bits per heavy atom. The van der Waals surface area contributed by atoms with Crippen LogP contribution >= 0.6 is 0 Å². The molecule has 4 heteroatoms. The fourth-order valence-electron chi connectivity index (χ4n) is 2.05. The molecule has 0 saturated carbocycles. The Balaban J connectivity index is 1.67. The molecular formula is C19H23NO3. The summed E-state index contributed by atoms with van der Waals surface area (Å²) in [5, 5.41) is 2.84. The summed E-state index contributed by atoms with van der Waals surface area (Å²) in [6.45, 7) is 4.96. The third kappa shape index (κ3) is 6.53. The van der Waals surface area contributed by atoms with Crippen LogP contribution in [-0.2, 0) is 22.7 Å². The molecule has 2 rings (SSSR count). The molecule has 2 aromatic rings. The Morgan fingerprint density at radius 3 is 2.35 bits per heavy atom. The van der Waals surface area contributed by atoms with Crippen LogP contribution in [0.1, 0.15) is 25.0 Å². The molecule has 1 amide bonds. The first-order valence-electron chi connectivity index (χ1n) is 7.77. The van der Waals surface area contributed by atoms with Gasteiger partial charge in [0.25, 0.3) is 0 Å². The van der Waals surface area contributed by atoms with Crippen molar-refractivity contribution >= 4 is 5.91 Å². The van der Waals surface area contributed by atoms with Crippen molar-refractivity contribution in [3.05, 3.63) is 65.7 Å². The van der Waals surface area contributed by atoms with E-state index >= 15 is 0 Å². The lowest BCUT2D eigenvalue weighted by atomic mass is 10.2. The number of benzene rings is 2. The van der Waals surface area contributed by atoms with Crippen LogP contribution in [-0.4, -0.2) is 18.6 Å². The Hall–Kier alpha value is -2.33. The summed E-state index contributed by atoms with van der Waals surface area (Å²) in [6, 6.07) is 17.5. The normalized spacial score (nSPS) is 10.6. The van der Waals surface area contributed by atoms with E-state index in [1.54, 1.807) is 0 Å². The van der Waals surface area contributed by atoms with E-state index in [0.29, 0.717) is 13.2 Å². The third-order valence-corrected chi connectivity index (χ3v) is 3.13. The van der Waals surface area contributed by atoms with Gasteiger partial charge in [-0.3, -0.25) is 4.79 Å². The first-order valence-corrected chi connectivity index (χ1v) is 7.77. The number of amides is 1. The second kappa shape index (κ2) is 8.96. The van der Waals surface area contributed by atoms with Gasteiger partial charge in [0.05, 0.1) is 12.7 Å². The van der Waals surface area contributed by atoms with Crippen molar-refractivity contribution in [1.82, 2.24) is 5.32 Å². The van der Waals surface area contributed by atoms with E-state index < -0.39 is 0 Å².